The smallest absolute Gasteiger partial charge is 0.223 e. The normalized spacial score (nSPS) is 21.4. The fourth-order valence-electron chi connectivity index (χ4n) is 4.06. The number of rotatable bonds is 4. The highest BCUT2D eigenvalue weighted by Gasteiger charge is 2.33. The van der Waals surface area contributed by atoms with E-state index in [1.54, 1.807) is 14.0 Å². The Labute approximate surface area is 149 Å². The summed E-state index contributed by atoms with van der Waals surface area (Å²) in [6.45, 7) is 3.40. The van der Waals surface area contributed by atoms with E-state index in [1.165, 1.54) is 25.7 Å². The van der Waals surface area contributed by atoms with Crippen molar-refractivity contribution in [3.05, 3.63) is 29.8 Å². The molecule has 3 rings (SSSR count). The van der Waals surface area contributed by atoms with Crippen molar-refractivity contribution in [1.82, 2.24) is 9.80 Å². The molecule has 1 atom stereocenters. The highest BCUT2D eigenvalue weighted by molar-refractivity contribution is 5.78. The zero-order valence-electron chi connectivity index (χ0n) is 15.2. The maximum absolute atomic E-state index is 12.9. The average Bonchev–Trinajstić information content (AvgIpc) is 3.14. The van der Waals surface area contributed by atoms with Crippen LogP contribution in [-0.2, 0) is 9.59 Å². The molecule has 1 heterocycles. The molecule has 2 fully saturated rings. The van der Waals surface area contributed by atoms with Crippen molar-refractivity contribution in [2.75, 3.05) is 26.7 Å². The molecule has 0 unspecified atom stereocenters. The van der Waals surface area contributed by atoms with Gasteiger partial charge < -0.3 is 14.5 Å². The number of carbonyl (C=O) groups excluding carboxylic acids is 2. The van der Waals surface area contributed by atoms with Crippen LogP contribution >= 0.6 is 0 Å². The minimum Gasteiger partial charge on any atom is -0.497 e. The van der Waals surface area contributed by atoms with Crippen LogP contribution in [0.5, 0.6) is 5.75 Å². The van der Waals surface area contributed by atoms with Gasteiger partial charge >= 0.3 is 0 Å². The Kier molecular flexibility index (Phi) is 5.61. The first kappa shape index (κ1) is 17.8. The third-order valence-electron chi connectivity index (χ3n) is 5.58. The Morgan fingerprint density at radius 3 is 2.40 bits per heavy atom. The number of ether oxygens (including phenoxy) is 1. The monoisotopic (exact) mass is 344 g/mol. The number of nitrogens with zero attached hydrogens (tertiary/aromatic N) is 2. The van der Waals surface area contributed by atoms with E-state index >= 15 is 0 Å². The third-order valence-corrected chi connectivity index (χ3v) is 5.58. The first-order valence-corrected chi connectivity index (χ1v) is 9.27. The second-order valence-electron chi connectivity index (χ2n) is 7.20. The molecule has 0 aromatic heterocycles. The zero-order valence-corrected chi connectivity index (χ0v) is 15.2. The fraction of sp³-hybridized carbons (Fsp3) is 0.600. The maximum Gasteiger partial charge on any atom is 0.223 e. The molecule has 0 radical (unpaired) electrons. The molecule has 136 valence electrons. The summed E-state index contributed by atoms with van der Waals surface area (Å²) >= 11 is 0. The molecular formula is C20H28N2O3. The van der Waals surface area contributed by atoms with E-state index in [9.17, 15) is 9.59 Å². The molecular weight excluding hydrogens is 316 g/mol. The van der Waals surface area contributed by atoms with Gasteiger partial charge in [0.05, 0.1) is 13.2 Å². The van der Waals surface area contributed by atoms with E-state index in [-0.39, 0.29) is 17.9 Å². The first-order chi connectivity index (χ1) is 12.1. The third kappa shape index (κ3) is 4.14. The lowest BCUT2D eigenvalue weighted by Crippen LogP contribution is -2.52. The molecule has 1 aliphatic heterocycles. The molecule has 0 spiro atoms. The molecule has 2 amide bonds. The molecule has 0 N–H and O–H groups in total. The summed E-state index contributed by atoms with van der Waals surface area (Å²) in [5.74, 6) is 1.64. The number of hydrogen-bond donors (Lipinski definition) is 0. The number of benzene rings is 1. The van der Waals surface area contributed by atoms with Crippen LogP contribution < -0.4 is 4.74 Å². The van der Waals surface area contributed by atoms with Crippen LogP contribution in [0.2, 0.25) is 0 Å². The Morgan fingerprint density at radius 2 is 1.80 bits per heavy atom. The molecule has 2 aliphatic rings. The molecule has 1 aliphatic carbocycles. The van der Waals surface area contributed by atoms with E-state index in [0.29, 0.717) is 32.0 Å². The molecule has 1 aromatic rings. The van der Waals surface area contributed by atoms with Gasteiger partial charge in [-0.25, -0.2) is 0 Å². The second kappa shape index (κ2) is 7.89. The van der Waals surface area contributed by atoms with Crippen LogP contribution in [0.4, 0.5) is 0 Å². The van der Waals surface area contributed by atoms with Crippen molar-refractivity contribution in [2.24, 2.45) is 5.92 Å². The second-order valence-corrected chi connectivity index (χ2v) is 7.20. The summed E-state index contributed by atoms with van der Waals surface area (Å²) in [5, 5.41) is 0. The predicted molar refractivity (Wildman–Crippen MR) is 96.3 cm³/mol. The number of hydrogen-bond acceptors (Lipinski definition) is 3. The summed E-state index contributed by atoms with van der Waals surface area (Å²) in [6, 6.07) is 7.77. The van der Waals surface area contributed by atoms with Gasteiger partial charge in [0.2, 0.25) is 11.8 Å². The number of carbonyl (C=O) groups is 2. The number of piperazine rings is 1. The lowest BCUT2D eigenvalue weighted by atomic mass is 9.98. The van der Waals surface area contributed by atoms with Crippen LogP contribution in [0.1, 0.15) is 50.6 Å². The van der Waals surface area contributed by atoms with Crippen molar-refractivity contribution < 1.29 is 14.3 Å². The van der Waals surface area contributed by atoms with Crippen LogP contribution in [0, 0.1) is 5.92 Å². The van der Waals surface area contributed by atoms with Gasteiger partial charge in [-0.2, -0.15) is 0 Å². The van der Waals surface area contributed by atoms with Crippen molar-refractivity contribution in [3.63, 3.8) is 0 Å². The van der Waals surface area contributed by atoms with Gasteiger partial charge in [0.15, 0.2) is 0 Å². The van der Waals surface area contributed by atoms with Crippen molar-refractivity contribution in [2.45, 2.75) is 45.1 Å². The lowest BCUT2D eigenvalue weighted by molar-refractivity contribution is -0.142. The summed E-state index contributed by atoms with van der Waals surface area (Å²) in [7, 11) is 1.64. The minimum absolute atomic E-state index is 0.0707. The quantitative estimate of drug-likeness (QED) is 0.844. The predicted octanol–water partition coefficient (Wildman–Crippen LogP) is 3.01. The zero-order chi connectivity index (χ0) is 17.8. The Bertz CT molecular complexity index is 608. The SMILES string of the molecule is COc1ccc([C@H]2CN(C(C)=O)CCN2C(=O)CC2CCCC2)cc1. The van der Waals surface area contributed by atoms with E-state index < -0.39 is 0 Å². The van der Waals surface area contributed by atoms with E-state index in [2.05, 4.69) is 0 Å². The van der Waals surface area contributed by atoms with Crippen LogP contribution in [0.25, 0.3) is 0 Å². The summed E-state index contributed by atoms with van der Waals surface area (Å²) < 4.78 is 5.23. The molecule has 5 nitrogen and oxygen atoms in total. The van der Waals surface area contributed by atoms with E-state index in [4.69, 9.17) is 4.74 Å². The van der Waals surface area contributed by atoms with Crippen molar-refractivity contribution >= 4 is 11.8 Å². The average molecular weight is 344 g/mol. The lowest BCUT2D eigenvalue weighted by Gasteiger charge is -2.42. The summed E-state index contributed by atoms with van der Waals surface area (Å²) in [6.07, 6.45) is 5.49. The number of methoxy groups -OCH3 is 1. The fourth-order valence-corrected chi connectivity index (χ4v) is 4.06. The van der Waals surface area contributed by atoms with Gasteiger partial charge in [0.1, 0.15) is 5.75 Å². The molecule has 1 saturated carbocycles. The standard InChI is InChI=1S/C20H28N2O3/c1-15(23)21-11-12-22(20(24)13-16-5-3-4-6-16)19(14-21)17-7-9-18(25-2)10-8-17/h7-10,16,19H,3-6,11-14H2,1-2H3/t19-/m1/s1. The van der Waals surface area contributed by atoms with E-state index in [1.807, 2.05) is 34.1 Å². The van der Waals surface area contributed by atoms with Gasteiger partial charge in [0, 0.05) is 33.0 Å². The highest BCUT2D eigenvalue weighted by atomic mass is 16.5. The largest absolute Gasteiger partial charge is 0.497 e. The molecule has 1 aromatic carbocycles. The number of amides is 2. The van der Waals surface area contributed by atoms with Crippen LogP contribution in [-0.4, -0.2) is 48.4 Å². The highest BCUT2D eigenvalue weighted by Crippen LogP contribution is 2.32. The molecule has 25 heavy (non-hydrogen) atoms. The molecule has 5 heteroatoms. The van der Waals surface area contributed by atoms with Crippen molar-refractivity contribution in [3.8, 4) is 5.75 Å². The van der Waals surface area contributed by atoms with Crippen LogP contribution in [0.15, 0.2) is 24.3 Å². The van der Waals surface area contributed by atoms with Gasteiger partial charge in [-0.3, -0.25) is 9.59 Å². The molecule has 1 saturated heterocycles. The Morgan fingerprint density at radius 1 is 1.12 bits per heavy atom. The first-order valence-electron chi connectivity index (χ1n) is 9.27. The molecule has 0 bridgehead atoms. The van der Waals surface area contributed by atoms with E-state index in [0.717, 1.165) is 11.3 Å². The van der Waals surface area contributed by atoms with Gasteiger partial charge in [-0.1, -0.05) is 25.0 Å². The van der Waals surface area contributed by atoms with Gasteiger partial charge in [-0.05, 0) is 36.5 Å². The van der Waals surface area contributed by atoms with Gasteiger partial charge in [0.25, 0.3) is 0 Å². The topological polar surface area (TPSA) is 49.9 Å². The van der Waals surface area contributed by atoms with Crippen molar-refractivity contribution in [1.29, 1.82) is 0 Å². The minimum atomic E-state index is -0.0718. The van der Waals surface area contributed by atoms with Gasteiger partial charge in [-0.15, -0.1) is 0 Å². The Balaban J connectivity index is 1.78. The Hall–Kier alpha value is -2.04. The van der Waals surface area contributed by atoms with Crippen LogP contribution in [0.3, 0.4) is 0 Å². The summed E-state index contributed by atoms with van der Waals surface area (Å²) in [5.41, 5.74) is 1.06. The summed E-state index contributed by atoms with van der Waals surface area (Å²) in [4.78, 5) is 28.6. The maximum atomic E-state index is 12.9.